The number of hydrogen-bond acceptors (Lipinski definition) is 5. The Morgan fingerprint density at radius 3 is 2.62 bits per heavy atom. The van der Waals surface area contributed by atoms with Gasteiger partial charge < -0.3 is 11.1 Å². The molecule has 1 unspecified atom stereocenters. The van der Waals surface area contributed by atoms with E-state index in [1.165, 1.54) is 11.8 Å². The molecular formula is C14H19N5OS. The van der Waals surface area contributed by atoms with E-state index >= 15 is 0 Å². The number of aryl methyl sites for hydroxylation is 1. The molecule has 0 radical (unpaired) electrons. The van der Waals surface area contributed by atoms with Crippen molar-refractivity contribution in [3.8, 4) is 0 Å². The third kappa shape index (κ3) is 3.36. The third-order valence-corrected chi connectivity index (χ3v) is 3.84. The van der Waals surface area contributed by atoms with Gasteiger partial charge in [0.05, 0.1) is 0 Å². The fourth-order valence-electron chi connectivity index (χ4n) is 2.07. The van der Waals surface area contributed by atoms with Gasteiger partial charge >= 0.3 is 0 Å². The first-order valence-corrected chi connectivity index (χ1v) is 7.91. The van der Waals surface area contributed by atoms with Crippen LogP contribution in [-0.2, 0) is 4.79 Å². The Morgan fingerprint density at radius 2 is 2.05 bits per heavy atom. The fourth-order valence-corrected chi connectivity index (χ4v) is 2.61. The van der Waals surface area contributed by atoms with Gasteiger partial charge in [0.15, 0.2) is 5.16 Å². The topological polar surface area (TPSA) is 85.8 Å². The van der Waals surface area contributed by atoms with Crippen molar-refractivity contribution in [1.82, 2.24) is 14.8 Å². The van der Waals surface area contributed by atoms with E-state index in [1.807, 2.05) is 44.4 Å². The van der Waals surface area contributed by atoms with Crippen LogP contribution in [0.5, 0.6) is 0 Å². The zero-order chi connectivity index (χ0) is 15.4. The van der Waals surface area contributed by atoms with Crippen LogP contribution < -0.4 is 11.1 Å². The van der Waals surface area contributed by atoms with Gasteiger partial charge in [0.2, 0.25) is 11.9 Å². The van der Waals surface area contributed by atoms with Gasteiger partial charge in [0.25, 0.3) is 0 Å². The Bertz CT molecular complexity index is 623. The molecule has 0 saturated carbocycles. The van der Waals surface area contributed by atoms with Crippen LogP contribution in [0, 0.1) is 6.92 Å². The highest BCUT2D eigenvalue weighted by molar-refractivity contribution is 7.98. The van der Waals surface area contributed by atoms with Crippen LogP contribution in [0.1, 0.15) is 24.9 Å². The number of nitrogen functional groups attached to an aromatic ring is 1. The van der Waals surface area contributed by atoms with Crippen LogP contribution >= 0.6 is 11.8 Å². The molecule has 112 valence electrons. The molecular weight excluding hydrogens is 286 g/mol. The molecule has 7 heteroatoms. The summed E-state index contributed by atoms with van der Waals surface area (Å²) in [6.07, 6.45) is 2.48. The molecule has 2 rings (SSSR count). The molecule has 1 amide bonds. The molecule has 0 aliphatic heterocycles. The number of carbonyl (C=O) groups is 1. The Hall–Kier alpha value is -2.02. The quantitative estimate of drug-likeness (QED) is 0.829. The van der Waals surface area contributed by atoms with Crippen molar-refractivity contribution >= 4 is 29.3 Å². The molecule has 0 fully saturated rings. The lowest BCUT2D eigenvalue weighted by atomic mass is 10.2. The van der Waals surface area contributed by atoms with E-state index in [2.05, 4.69) is 15.5 Å². The minimum absolute atomic E-state index is 0.122. The predicted molar refractivity (Wildman–Crippen MR) is 85.4 cm³/mol. The molecule has 2 aromatic rings. The standard InChI is InChI=1S/C14H19N5OS/c1-4-11(19-13(15)17-18-14(19)21-3)12(20)16-10-7-5-9(2)6-8-10/h5-8,11H,4H2,1-3H3,(H2,15,17)(H,16,20). The maximum atomic E-state index is 12.5. The Labute approximate surface area is 128 Å². The molecule has 0 saturated heterocycles. The van der Waals surface area contributed by atoms with Gasteiger partial charge in [-0.3, -0.25) is 9.36 Å². The minimum atomic E-state index is -0.427. The fraction of sp³-hybridized carbons (Fsp3) is 0.357. The largest absolute Gasteiger partial charge is 0.368 e. The van der Waals surface area contributed by atoms with E-state index in [0.29, 0.717) is 11.6 Å². The molecule has 1 atom stereocenters. The molecule has 0 aliphatic carbocycles. The first kappa shape index (κ1) is 15.4. The second kappa shape index (κ2) is 6.62. The first-order valence-electron chi connectivity index (χ1n) is 6.68. The van der Waals surface area contributed by atoms with Crippen LogP contribution in [0.4, 0.5) is 11.6 Å². The third-order valence-electron chi connectivity index (χ3n) is 3.19. The maximum Gasteiger partial charge on any atom is 0.247 e. The highest BCUT2D eigenvalue weighted by Crippen LogP contribution is 2.24. The Balaban J connectivity index is 2.22. The molecule has 0 bridgehead atoms. The lowest BCUT2D eigenvalue weighted by molar-refractivity contribution is -0.119. The number of hydrogen-bond donors (Lipinski definition) is 2. The van der Waals surface area contributed by atoms with Crippen LogP contribution in [-0.4, -0.2) is 26.9 Å². The lowest BCUT2D eigenvalue weighted by Gasteiger charge is -2.18. The summed E-state index contributed by atoms with van der Waals surface area (Å²) in [5.74, 6) is 0.133. The molecule has 1 heterocycles. The normalized spacial score (nSPS) is 12.1. The molecule has 6 nitrogen and oxygen atoms in total. The van der Waals surface area contributed by atoms with Gasteiger partial charge in [-0.25, -0.2) is 0 Å². The van der Waals surface area contributed by atoms with Gasteiger partial charge in [-0.1, -0.05) is 36.4 Å². The van der Waals surface area contributed by atoms with E-state index in [1.54, 1.807) is 4.57 Å². The summed E-state index contributed by atoms with van der Waals surface area (Å²) in [6, 6.07) is 7.24. The smallest absolute Gasteiger partial charge is 0.247 e. The predicted octanol–water partition coefficient (Wildman–Crippen LogP) is 2.48. The van der Waals surface area contributed by atoms with Crippen molar-refractivity contribution in [2.24, 2.45) is 0 Å². The highest BCUT2D eigenvalue weighted by Gasteiger charge is 2.24. The zero-order valence-corrected chi connectivity index (χ0v) is 13.1. The van der Waals surface area contributed by atoms with Crippen molar-refractivity contribution in [2.75, 3.05) is 17.3 Å². The second-order valence-electron chi connectivity index (χ2n) is 4.69. The highest BCUT2D eigenvalue weighted by atomic mass is 32.2. The van der Waals surface area contributed by atoms with Crippen LogP contribution in [0.2, 0.25) is 0 Å². The summed E-state index contributed by atoms with van der Waals surface area (Å²) in [4.78, 5) is 12.5. The second-order valence-corrected chi connectivity index (χ2v) is 5.47. The number of aromatic nitrogens is 3. The van der Waals surface area contributed by atoms with Gasteiger partial charge in [-0.2, -0.15) is 0 Å². The molecule has 3 N–H and O–H groups in total. The van der Waals surface area contributed by atoms with Crippen molar-refractivity contribution < 1.29 is 4.79 Å². The number of rotatable bonds is 5. The number of nitrogens with two attached hydrogens (primary N) is 1. The summed E-state index contributed by atoms with van der Waals surface area (Å²) in [6.45, 7) is 3.94. The summed E-state index contributed by atoms with van der Waals surface area (Å²) in [5.41, 5.74) is 7.75. The average molecular weight is 305 g/mol. The summed E-state index contributed by atoms with van der Waals surface area (Å²) in [5, 5.41) is 11.4. The summed E-state index contributed by atoms with van der Waals surface area (Å²) >= 11 is 1.41. The molecule has 21 heavy (non-hydrogen) atoms. The SMILES string of the molecule is CCC(C(=O)Nc1ccc(C)cc1)n1c(N)nnc1SC. The Morgan fingerprint density at radius 1 is 1.38 bits per heavy atom. The number of thioether (sulfide) groups is 1. The number of benzene rings is 1. The van der Waals surface area contributed by atoms with Gasteiger partial charge in [-0.05, 0) is 31.7 Å². The van der Waals surface area contributed by atoms with Crippen LogP contribution in [0.15, 0.2) is 29.4 Å². The summed E-state index contributed by atoms with van der Waals surface area (Å²) < 4.78 is 1.67. The first-order chi connectivity index (χ1) is 10.1. The number of nitrogens with one attached hydrogen (secondary N) is 1. The monoisotopic (exact) mass is 305 g/mol. The van der Waals surface area contributed by atoms with Gasteiger partial charge in [0, 0.05) is 5.69 Å². The number of carbonyl (C=O) groups excluding carboxylic acids is 1. The van der Waals surface area contributed by atoms with E-state index in [0.717, 1.165) is 11.3 Å². The van der Waals surface area contributed by atoms with Gasteiger partial charge in [-0.15, -0.1) is 10.2 Å². The minimum Gasteiger partial charge on any atom is -0.368 e. The van der Waals surface area contributed by atoms with E-state index in [4.69, 9.17) is 5.73 Å². The molecule has 0 aliphatic rings. The Kier molecular flexibility index (Phi) is 4.85. The molecule has 1 aromatic carbocycles. The zero-order valence-electron chi connectivity index (χ0n) is 12.3. The van der Waals surface area contributed by atoms with Crippen molar-refractivity contribution in [2.45, 2.75) is 31.5 Å². The number of amides is 1. The molecule has 1 aromatic heterocycles. The molecule has 0 spiro atoms. The number of nitrogens with zero attached hydrogens (tertiary/aromatic N) is 3. The van der Waals surface area contributed by atoms with Crippen LogP contribution in [0.25, 0.3) is 0 Å². The van der Waals surface area contributed by atoms with Crippen molar-refractivity contribution in [3.05, 3.63) is 29.8 Å². The average Bonchev–Trinajstić information content (AvgIpc) is 2.84. The maximum absolute atomic E-state index is 12.5. The van der Waals surface area contributed by atoms with E-state index in [-0.39, 0.29) is 11.9 Å². The van der Waals surface area contributed by atoms with E-state index < -0.39 is 6.04 Å². The number of anilines is 2. The van der Waals surface area contributed by atoms with Gasteiger partial charge in [0.1, 0.15) is 6.04 Å². The van der Waals surface area contributed by atoms with Crippen molar-refractivity contribution in [1.29, 1.82) is 0 Å². The summed E-state index contributed by atoms with van der Waals surface area (Å²) in [7, 11) is 0. The van der Waals surface area contributed by atoms with E-state index in [9.17, 15) is 4.79 Å². The van der Waals surface area contributed by atoms with Crippen molar-refractivity contribution in [3.63, 3.8) is 0 Å². The lowest BCUT2D eigenvalue weighted by Crippen LogP contribution is -2.27. The van der Waals surface area contributed by atoms with Crippen LogP contribution in [0.3, 0.4) is 0 Å².